The number of methoxy groups -OCH3 is 1. The Morgan fingerprint density at radius 2 is 1.76 bits per heavy atom. The van der Waals surface area contributed by atoms with Gasteiger partial charge in [-0.1, -0.05) is 48.0 Å². The van der Waals surface area contributed by atoms with Crippen molar-refractivity contribution in [3.8, 4) is 5.75 Å². The van der Waals surface area contributed by atoms with Gasteiger partial charge in [0.15, 0.2) is 0 Å². The smallest absolute Gasteiger partial charge is 0.340 e. The van der Waals surface area contributed by atoms with Gasteiger partial charge in [-0.25, -0.2) is 9.18 Å². The number of halogens is 2. The molecule has 3 aromatic rings. The standard InChI is InChI=1S/C22H17ClFNO4/c1-28-17-9-5-8-16(13-17)25-21(26)20(14-6-3-2-4-7-14)29-22(27)18-11-10-15(24)12-19(18)23/h2-13,20H,1H3,(H,25,26). The van der Waals surface area contributed by atoms with Gasteiger partial charge in [-0.3, -0.25) is 4.79 Å². The highest BCUT2D eigenvalue weighted by atomic mass is 35.5. The average molecular weight is 414 g/mol. The van der Waals surface area contributed by atoms with Crippen molar-refractivity contribution in [3.63, 3.8) is 0 Å². The number of amides is 1. The third-order valence-electron chi connectivity index (χ3n) is 4.05. The third-order valence-corrected chi connectivity index (χ3v) is 4.37. The molecule has 3 aromatic carbocycles. The third kappa shape index (κ3) is 5.12. The molecule has 5 nitrogen and oxygen atoms in total. The van der Waals surface area contributed by atoms with Crippen LogP contribution in [0, 0.1) is 5.82 Å². The van der Waals surface area contributed by atoms with Gasteiger partial charge in [-0.2, -0.15) is 0 Å². The van der Waals surface area contributed by atoms with Crippen molar-refractivity contribution >= 4 is 29.2 Å². The molecular weight excluding hydrogens is 397 g/mol. The minimum absolute atomic E-state index is 0.0387. The molecule has 1 unspecified atom stereocenters. The Morgan fingerprint density at radius 1 is 1.00 bits per heavy atom. The molecule has 148 valence electrons. The van der Waals surface area contributed by atoms with E-state index in [1.54, 1.807) is 54.6 Å². The second-order valence-electron chi connectivity index (χ2n) is 6.04. The molecule has 0 saturated carbocycles. The van der Waals surface area contributed by atoms with Crippen LogP contribution >= 0.6 is 11.6 Å². The second kappa shape index (κ2) is 9.21. The molecule has 0 bridgehead atoms. The largest absolute Gasteiger partial charge is 0.497 e. The van der Waals surface area contributed by atoms with Crippen LogP contribution in [0.15, 0.2) is 72.8 Å². The summed E-state index contributed by atoms with van der Waals surface area (Å²) in [6, 6.07) is 18.6. The molecule has 0 saturated heterocycles. The van der Waals surface area contributed by atoms with E-state index >= 15 is 0 Å². The van der Waals surface area contributed by atoms with E-state index in [-0.39, 0.29) is 10.6 Å². The number of esters is 1. The predicted molar refractivity (Wildman–Crippen MR) is 108 cm³/mol. The zero-order valence-electron chi connectivity index (χ0n) is 15.4. The van der Waals surface area contributed by atoms with E-state index in [0.717, 1.165) is 12.1 Å². The first-order chi connectivity index (χ1) is 14.0. The first-order valence-electron chi connectivity index (χ1n) is 8.64. The molecule has 0 fully saturated rings. The Bertz CT molecular complexity index is 1030. The number of carbonyl (C=O) groups is 2. The van der Waals surface area contributed by atoms with Crippen LogP contribution in [-0.2, 0) is 9.53 Å². The first-order valence-corrected chi connectivity index (χ1v) is 9.01. The fraction of sp³-hybridized carbons (Fsp3) is 0.0909. The van der Waals surface area contributed by atoms with Crippen molar-refractivity contribution in [2.75, 3.05) is 12.4 Å². The lowest BCUT2D eigenvalue weighted by atomic mass is 10.1. The Hall–Kier alpha value is -3.38. The quantitative estimate of drug-likeness (QED) is 0.576. The highest BCUT2D eigenvalue weighted by Crippen LogP contribution is 2.25. The molecule has 0 aliphatic rings. The molecule has 0 aromatic heterocycles. The summed E-state index contributed by atoms with van der Waals surface area (Å²) < 4.78 is 23.8. The minimum Gasteiger partial charge on any atom is -0.497 e. The number of benzene rings is 3. The Kier molecular flexibility index (Phi) is 6.46. The summed E-state index contributed by atoms with van der Waals surface area (Å²) in [6.07, 6.45) is -1.24. The van der Waals surface area contributed by atoms with E-state index in [4.69, 9.17) is 21.1 Å². The molecule has 7 heteroatoms. The van der Waals surface area contributed by atoms with Crippen LogP contribution < -0.4 is 10.1 Å². The van der Waals surface area contributed by atoms with E-state index in [9.17, 15) is 14.0 Å². The Labute approximate surface area is 172 Å². The minimum atomic E-state index is -1.24. The lowest BCUT2D eigenvalue weighted by molar-refractivity contribution is -0.125. The summed E-state index contributed by atoms with van der Waals surface area (Å²) >= 11 is 5.94. The lowest BCUT2D eigenvalue weighted by Gasteiger charge is -2.18. The number of nitrogens with one attached hydrogen (secondary N) is 1. The zero-order chi connectivity index (χ0) is 20.8. The van der Waals surface area contributed by atoms with Gasteiger partial charge in [-0.15, -0.1) is 0 Å². The topological polar surface area (TPSA) is 64.6 Å². The monoisotopic (exact) mass is 413 g/mol. The van der Waals surface area contributed by atoms with Crippen molar-refractivity contribution in [2.45, 2.75) is 6.10 Å². The van der Waals surface area contributed by atoms with Crippen LogP contribution in [0.1, 0.15) is 22.0 Å². The molecular formula is C22H17ClFNO4. The van der Waals surface area contributed by atoms with E-state index in [1.165, 1.54) is 13.2 Å². The molecule has 0 aliphatic carbocycles. The Balaban J connectivity index is 1.86. The summed E-state index contributed by atoms with van der Waals surface area (Å²) in [5, 5.41) is 2.60. The summed E-state index contributed by atoms with van der Waals surface area (Å²) in [7, 11) is 1.52. The van der Waals surface area contributed by atoms with Crippen LogP contribution in [0.25, 0.3) is 0 Å². The van der Waals surface area contributed by atoms with Gasteiger partial charge in [0.25, 0.3) is 5.91 Å². The summed E-state index contributed by atoms with van der Waals surface area (Å²) in [5.74, 6) is -1.42. The average Bonchev–Trinajstić information content (AvgIpc) is 2.72. The summed E-state index contributed by atoms with van der Waals surface area (Å²) in [5.41, 5.74) is 0.911. The van der Waals surface area contributed by atoms with Crippen LogP contribution in [0.2, 0.25) is 5.02 Å². The summed E-state index contributed by atoms with van der Waals surface area (Å²) in [6.45, 7) is 0. The molecule has 0 radical (unpaired) electrons. The van der Waals surface area contributed by atoms with E-state index in [1.807, 2.05) is 0 Å². The molecule has 1 N–H and O–H groups in total. The Morgan fingerprint density at radius 3 is 2.45 bits per heavy atom. The lowest BCUT2D eigenvalue weighted by Crippen LogP contribution is -2.26. The first kappa shape index (κ1) is 20.4. The maximum Gasteiger partial charge on any atom is 0.340 e. The van der Waals surface area contributed by atoms with Gasteiger partial charge in [-0.05, 0) is 30.3 Å². The second-order valence-corrected chi connectivity index (χ2v) is 6.45. The fourth-order valence-corrected chi connectivity index (χ4v) is 2.88. The van der Waals surface area contributed by atoms with Crippen molar-refractivity contribution in [3.05, 3.63) is 94.8 Å². The van der Waals surface area contributed by atoms with Crippen molar-refractivity contribution in [1.82, 2.24) is 0 Å². The molecule has 0 spiro atoms. The van der Waals surface area contributed by atoms with Gasteiger partial charge >= 0.3 is 5.97 Å². The van der Waals surface area contributed by atoms with Crippen molar-refractivity contribution in [2.24, 2.45) is 0 Å². The highest BCUT2D eigenvalue weighted by Gasteiger charge is 2.27. The van der Waals surface area contributed by atoms with Crippen LogP contribution in [-0.4, -0.2) is 19.0 Å². The number of hydrogen-bond donors (Lipinski definition) is 1. The predicted octanol–water partition coefficient (Wildman–Crippen LogP) is 5.02. The van der Waals surface area contributed by atoms with Gasteiger partial charge in [0.2, 0.25) is 6.10 Å². The normalized spacial score (nSPS) is 11.4. The van der Waals surface area contributed by atoms with Gasteiger partial charge in [0, 0.05) is 17.3 Å². The maximum atomic E-state index is 13.3. The van der Waals surface area contributed by atoms with Crippen LogP contribution in [0.5, 0.6) is 5.75 Å². The SMILES string of the molecule is COc1cccc(NC(=O)C(OC(=O)c2ccc(F)cc2Cl)c2ccccc2)c1. The maximum absolute atomic E-state index is 13.3. The van der Waals surface area contributed by atoms with Crippen LogP contribution in [0.3, 0.4) is 0 Å². The number of carbonyl (C=O) groups excluding carboxylic acids is 2. The van der Waals surface area contributed by atoms with Gasteiger partial charge < -0.3 is 14.8 Å². The van der Waals surface area contributed by atoms with Gasteiger partial charge in [0.05, 0.1) is 17.7 Å². The summed E-state index contributed by atoms with van der Waals surface area (Å²) in [4.78, 5) is 25.5. The molecule has 3 rings (SSSR count). The number of ether oxygens (including phenoxy) is 2. The number of rotatable bonds is 6. The number of anilines is 1. The zero-order valence-corrected chi connectivity index (χ0v) is 16.2. The molecule has 0 heterocycles. The molecule has 1 amide bonds. The van der Waals surface area contributed by atoms with E-state index in [2.05, 4.69) is 5.32 Å². The van der Waals surface area contributed by atoms with Crippen molar-refractivity contribution < 1.29 is 23.5 Å². The van der Waals surface area contributed by atoms with E-state index < -0.39 is 23.8 Å². The number of hydrogen-bond acceptors (Lipinski definition) is 4. The van der Waals surface area contributed by atoms with Crippen LogP contribution in [0.4, 0.5) is 10.1 Å². The molecule has 0 aliphatic heterocycles. The van der Waals surface area contributed by atoms with Gasteiger partial charge in [0.1, 0.15) is 11.6 Å². The fourth-order valence-electron chi connectivity index (χ4n) is 2.63. The van der Waals surface area contributed by atoms with Crippen molar-refractivity contribution in [1.29, 1.82) is 0 Å². The molecule has 1 atom stereocenters. The highest BCUT2D eigenvalue weighted by molar-refractivity contribution is 6.33. The molecule has 29 heavy (non-hydrogen) atoms. The van der Waals surface area contributed by atoms with E-state index in [0.29, 0.717) is 17.0 Å².